The zero-order valence-electron chi connectivity index (χ0n) is 14.1. The molecule has 0 N–H and O–H groups in total. The molecule has 0 aliphatic rings. The molecule has 1 aromatic rings. The van der Waals surface area contributed by atoms with Crippen molar-refractivity contribution in [3.63, 3.8) is 0 Å². The van der Waals surface area contributed by atoms with Crippen molar-refractivity contribution < 1.29 is 33.9 Å². The van der Waals surface area contributed by atoms with Gasteiger partial charge in [0.1, 0.15) is 5.75 Å². The van der Waals surface area contributed by atoms with Gasteiger partial charge in [0.25, 0.3) is 0 Å². The first-order chi connectivity index (χ1) is 11.7. The maximum atomic E-state index is 11.7. The third kappa shape index (κ3) is 8.38. The van der Waals surface area contributed by atoms with Crippen LogP contribution in [0.25, 0.3) is 0 Å². The molecule has 0 unspecified atom stereocenters. The predicted molar refractivity (Wildman–Crippen MR) is 85.3 cm³/mol. The average molecular weight is 340 g/mol. The molecule has 0 amide bonds. The summed E-state index contributed by atoms with van der Waals surface area (Å²) in [5, 5.41) is 4.12. The van der Waals surface area contributed by atoms with Crippen LogP contribution in [0.1, 0.15) is 56.3 Å². The van der Waals surface area contributed by atoms with E-state index in [1.807, 2.05) is 6.92 Å². The molecule has 134 valence electrons. The van der Waals surface area contributed by atoms with Crippen LogP contribution in [0.2, 0.25) is 0 Å². The molecule has 24 heavy (non-hydrogen) atoms. The largest absolute Gasteiger partial charge is 0.543 e. The summed E-state index contributed by atoms with van der Waals surface area (Å²) < 4.78 is 10.2. The monoisotopic (exact) mass is 340 g/mol. The first-order valence-electron chi connectivity index (χ1n) is 8.12. The van der Waals surface area contributed by atoms with E-state index >= 15 is 0 Å². The van der Waals surface area contributed by atoms with Crippen molar-refractivity contribution in [1.82, 2.24) is 0 Å². The third-order valence-corrected chi connectivity index (χ3v) is 3.04. The highest BCUT2D eigenvalue weighted by atomic mass is 17.5. The number of rotatable bonds is 11. The molecule has 1 aromatic carbocycles. The van der Waals surface area contributed by atoms with E-state index in [1.54, 1.807) is 12.1 Å². The molecule has 0 aliphatic heterocycles. The summed E-state index contributed by atoms with van der Waals surface area (Å²) in [4.78, 5) is 31.3. The lowest BCUT2D eigenvalue weighted by Crippen LogP contribution is -2.12. The smallest absolute Gasteiger partial charge is 0.494 e. The number of carbonyl (C=O) groups is 2. The van der Waals surface area contributed by atoms with Crippen molar-refractivity contribution in [3.8, 4) is 5.75 Å². The summed E-state index contributed by atoms with van der Waals surface area (Å²) in [6.07, 6.45) is 3.64. The Morgan fingerprint density at radius 2 is 1.58 bits per heavy atom. The maximum absolute atomic E-state index is 11.7. The van der Waals surface area contributed by atoms with E-state index in [2.05, 4.69) is 21.7 Å². The first-order valence-corrected chi connectivity index (χ1v) is 8.12. The third-order valence-electron chi connectivity index (χ3n) is 3.04. The summed E-state index contributed by atoms with van der Waals surface area (Å²) in [6, 6.07) is 6.34. The second kappa shape index (κ2) is 12.2. The molecule has 0 bridgehead atoms. The number of ether oxygens (including phenoxy) is 2. The quantitative estimate of drug-likeness (QED) is 0.258. The Kier molecular flexibility index (Phi) is 10.0. The van der Waals surface area contributed by atoms with Gasteiger partial charge >= 0.3 is 12.1 Å². The Hall–Kier alpha value is -2.28. The van der Waals surface area contributed by atoms with Gasteiger partial charge in [0.2, 0.25) is 0 Å². The van der Waals surface area contributed by atoms with E-state index in [0.29, 0.717) is 12.4 Å². The molecule has 0 heterocycles. The predicted octanol–water partition coefficient (Wildman–Crippen LogP) is 4.21. The summed E-state index contributed by atoms with van der Waals surface area (Å²) >= 11 is 0. The van der Waals surface area contributed by atoms with Crippen molar-refractivity contribution in [3.05, 3.63) is 29.8 Å². The molecule has 0 aliphatic carbocycles. The van der Waals surface area contributed by atoms with Gasteiger partial charge in [-0.2, -0.15) is 0 Å². The highest BCUT2D eigenvalue weighted by Gasteiger charge is 2.12. The SMILES string of the molecule is CCCCCOC(=O)OOOC(=O)c1ccc(OCCCC)cc1. The summed E-state index contributed by atoms with van der Waals surface area (Å²) in [6.45, 7) is 4.96. The van der Waals surface area contributed by atoms with Gasteiger partial charge in [-0.1, -0.05) is 33.1 Å². The van der Waals surface area contributed by atoms with Crippen LogP contribution in [-0.2, 0) is 19.6 Å². The molecule has 0 atom stereocenters. The highest BCUT2D eigenvalue weighted by Crippen LogP contribution is 2.13. The van der Waals surface area contributed by atoms with Gasteiger partial charge < -0.3 is 9.47 Å². The highest BCUT2D eigenvalue weighted by molar-refractivity contribution is 5.89. The van der Waals surface area contributed by atoms with Crippen LogP contribution < -0.4 is 4.74 Å². The van der Waals surface area contributed by atoms with E-state index in [-0.39, 0.29) is 12.2 Å². The summed E-state index contributed by atoms with van der Waals surface area (Å²) in [5.74, 6) is -0.137. The Morgan fingerprint density at radius 3 is 2.25 bits per heavy atom. The molecule has 0 spiro atoms. The van der Waals surface area contributed by atoms with Crippen molar-refractivity contribution in [2.24, 2.45) is 0 Å². The number of benzene rings is 1. The van der Waals surface area contributed by atoms with E-state index in [4.69, 9.17) is 9.47 Å². The lowest BCUT2D eigenvalue weighted by atomic mass is 10.2. The lowest BCUT2D eigenvalue weighted by molar-refractivity contribution is -0.452. The minimum Gasteiger partial charge on any atom is -0.494 e. The number of hydrogen-bond donors (Lipinski definition) is 0. The summed E-state index contributed by atoms with van der Waals surface area (Å²) in [5.41, 5.74) is 0.234. The Bertz CT molecular complexity index is 484. The van der Waals surface area contributed by atoms with Crippen LogP contribution in [-0.4, -0.2) is 25.3 Å². The van der Waals surface area contributed by atoms with Crippen LogP contribution in [0.15, 0.2) is 24.3 Å². The molecule has 0 fully saturated rings. The van der Waals surface area contributed by atoms with Crippen molar-refractivity contribution in [2.75, 3.05) is 13.2 Å². The van der Waals surface area contributed by atoms with Crippen molar-refractivity contribution >= 4 is 12.1 Å². The van der Waals surface area contributed by atoms with Gasteiger partial charge in [-0.3, -0.25) is 4.89 Å². The minimum absolute atomic E-state index is 0.226. The molecule has 0 saturated carbocycles. The zero-order chi connectivity index (χ0) is 17.6. The molecule has 7 heteroatoms. The van der Waals surface area contributed by atoms with E-state index < -0.39 is 12.1 Å². The normalized spacial score (nSPS) is 10.1. The topological polar surface area (TPSA) is 80.3 Å². The molecule has 1 rings (SSSR count). The van der Waals surface area contributed by atoms with Crippen LogP contribution >= 0.6 is 0 Å². The van der Waals surface area contributed by atoms with Crippen LogP contribution in [0.5, 0.6) is 5.75 Å². The van der Waals surface area contributed by atoms with Gasteiger partial charge in [0.15, 0.2) is 0 Å². The Balaban J connectivity index is 2.23. The Labute approximate surface area is 141 Å². The molecular weight excluding hydrogens is 316 g/mol. The molecule has 0 radical (unpaired) electrons. The first kappa shape index (κ1) is 19.8. The fourth-order valence-corrected chi connectivity index (χ4v) is 1.68. The van der Waals surface area contributed by atoms with Crippen LogP contribution in [0.3, 0.4) is 0 Å². The Morgan fingerprint density at radius 1 is 0.875 bits per heavy atom. The molecular formula is C17H24O7. The van der Waals surface area contributed by atoms with Gasteiger partial charge in [0.05, 0.1) is 23.8 Å². The number of carbonyl (C=O) groups excluding carboxylic acids is 2. The van der Waals surface area contributed by atoms with Crippen molar-refractivity contribution in [1.29, 1.82) is 0 Å². The van der Waals surface area contributed by atoms with E-state index in [0.717, 1.165) is 32.1 Å². The van der Waals surface area contributed by atoms with Gasteiger partial charge in [-0.25, -0.2) is 14.5 Å². The minimum atomic E-state index is -1.06. The lowest BCUT2D eigenvalue weighted by Gasteiger charge is -2.06. The van der Waals surface area contributed by atoms with Gasteiger partial charge in [-0.15, -0.1) is 0 Å². The number of unbranched alkanes of at least 4 members (excludes halogenated alkanes) is 3. The standard InChI is InChI=1S/C17H24O7/c1-3-5-7-13-21-17(19)23-24-22-16(18)14-8-10-15(11-9-14)20-12-6-4-2/h8-11H,3-7,12-13H2,1-2H3. The maximum Gasteiger partial charge on any atom is 0.543 e. The second-order valence-electron chi connectivity index (χ2n) is 5.05. The zero-order valence-corrected chi connectivity index (χ0v) is 14.1. The fraction of sp³-hybridized carbons (Fsp3) is 0.529. The van der Waals surface area contributed by atoms with E-state index in [9.17, 15) is 9.59 Å². The van der Waals surface area contributed by atoms with Crippen LogP contribution in [0.4, 0.5) is 4.79 Å². The van der Waals surface area contributed by atoms with E-state index in [1.165, 1.54) is 12.1 Å². The average Bonchev–Trinajstić information content (AvgIpc) is 2.59. The van der Waals surface area contributed by atoms with Crippen LogP contribution in [0, 0.1) is 0 Å². The number of hydrogen-bond acceptors (Lipinski definition) is 7. The molecule has 7 nitrogen and oxygen atoms in total. The van der Waals surface area contributed by atoms with Gasteiger partial charge in [0, 0.05) is 0 Å². The second-order valence-corrected chi connectivity index (χ2v) is 5.05. The van der Waals surface area contributed by atoms with Crippen molar-refractivity contribution in [2.45, 2.75) is 46.0 Å². The molecule has 0 saturated heterocycles. The fourth-order valence-electron chi connectivity index (χ4n) is 1.68. The van der Waals surface area contributed by atoms with Gasteiger partial charge in [-0.05, 0) is 37.1 Å². The molecule has 0 aromatic heterocycles. The summed E-state index contributed by atoms with van der Waals surface area (Å²) in [7, 11) is 0.